The summed E-state index contributed by atoms with van der Waals surface area (Å²) < 4.78 is 3.84. The highest BCUT2D eigenvalue weighted by atomic mass is 79.9. The molecule has 20 heavy (non-hydrogen) atoms. The molecule has 2 N–H and O–H groups in total. The van der Waals surface area contributed by atoms with Crippen LogP contribution in [-0.4, -0.2) is 14.2 Å². The predicted molar refractivity (Wildman–Crippen MR) is 81.1 cm³/mol. The molecule has 1 unspecified atom stereocenters. The first-order valence-corrected chi connectivity index (χ1v) is 6.99. The van der Waals surface area contributed by atoms with E-state index < -0.39 is 0 Å². The van der Waals surface area contributed by atoms with Crippen LogP contribution >= 0.6 is 15.9 Å². The minimum Gasteiger partial charge on any atom is -0.322 e. The molecule has 0 saturated carbocycles. The van der Waals surface area contributed by atoms with Crippen molar-refractivity contribution in [2.24, 2.45) is 5.73 Å². The lowest BCUT2D eigenvalue weighted by atomic mass is 10.2. The number of nitrogens with zero attached hydrogens (tertiary/aromatic N) is 3. The van der Waals surface area contributed by atoms with Crippen LogP contribution < -0.4 is 11.3 Å². The standard InChI is InChI=1S/C14H13BrN4O/c1-9(16)13-17-18-8-7-11(15)12(18)14(20)19(13)10-5-3-2-4-6-10/h2-9H,16H2,1H3. The van der Waals surface area contributed by atoms with Crippen LogP contribution in [0.15, 0.2) is 51.9 Å². The van der Waals surface area contributed by atoms with Crippen molar-refractivity contribution in [3.63, 3.8) is 0 Å². The highest BCUT2D eigenvalue weighted by Gasteiger charge is 2.17. The highest BCUT2D eigenvalue weighted by molar-refractivity contribution is 9.10. The number of fused-ring (bicyclic) bond motifs is 1. The monoisotopic (exact) mass is 332 g/mol. The number of benzene rings is 1. The summed E-state index contributed by atoms with van der Waals surface area (Å²) in [7, 11) is 0. The van der Waals surface area contributed by atoms with E-state index in [0.29, 0.717) is 11.3 Å². The summed E-state index contributed by atoms with van der Waals surface area (Å²) in [6.45, 7) is 1.81. The van der Waals surface area contributed by atoms with Gasteiger partial charge in [0.25, 0.3) is 5.56 Å². The second-order valence-electron chi connectivity index (χ2n) is 4.58. The summed E-state index contributed by atoms with van der Waals surface area (Å²) in [5, 5.41) is 4.46. The first-order valence-electron chi connectivity index (χ1n) is 6.20. The molecule has 0 fully saturated rings. The van der Waals surface area contributed by atoms with Crippen molar-refractivity contribution in [3.8, 4) is 5.69 Å². The molecular formula is C14H13BrN4O. The molecule has 0 aliphatic heterocycles. The molecule has 2 heterocycles. The number of nitrogens with two attached hydrogens (primary N) is 1. The zero-order chi connectivity index (χ0) is 14.3. The van der Waals surface area contributed by atoms with E-state index in [1.165, 1.54) is 0 Å². The molecule has 6 heteroatoms. The molecule has 0 saturated heterocycles. The van der Waals surface area contributed by atoms with Crippen LogP contribution in [0.5, 0.6) is 0 Å². The molecule has 1 atom stereocenters. The minimum atomic E-state index is -0.353. The van der Waals surface area contributed by atoms with Gasteiger partial charge >= 0.3 is 0 Å². The van der Waals surface area contributed by atoms with E-state index in [9.17, 15) is 4.79 Å². The van der Waals surface area contributed by atoms with Gasteiger partial charge in [-0.25, -0.2) is 4.52 Å². The van der Waals surface area contributed by atoms with Crippen LogP contribution in [0.1, 0.15) is 18.8 Å². The number of hydrogen-bond acceptors (Lipinski definition) is 3. The molecule has 0 aliphatic carbocycles. The van der Waals surface area contributed by atoms with Crippen LogP contribution in [0.3, 0.4) is 0 Å². The van der Waals surface area contributed by atoms with Gasteiger partial charge in [0.15, 0.2) is 5.82 Å². The van der Waals surface area contributed by atoms with Gasteiger partial charge in [0.05, 0.1) is 16.2 Å². The first kappa shape index (κ1) is 13.1. The second-order valence-corrected chi connectivity index (χ2v) is 5.43. The molecule has 0 spiro atoms. The van der Waals surface area contributed by atoms with Gasteiger partial charge in [-0.2, -0.15) is 5.10 Å². The third kappa shape index (κ3) is 1.97. The fourth-order valence-corrected chi connectivity index (χ4v) is 2.64. The maximum absolute atomic E-state index is 12.8. The zero-order valence-corrected chi connectivity index (χ0v) is 12.4. The maximum Gasteiger partial charge on any atom is 0.283 e. The Morgan fingerprint density at radius 2 is 1.95 bits per heavy atom. The van der Waals surface area contributed by atoms with E-state index in [-0.39, 0.29) is 11.6 Å². The molecule has 3 rings (SSSR count). The lowest BCUT2D eigenvalue weighted by molar-refractivity contribution is 0.647. The third-order valence-electron chi connectivity index (χ3n) is 3.08. The van der Waals surface area contributed by atoms with Crippen molar-refractivity contribution in [1.82, 2.24) is 14.2 Å². The average Bonchev–Trinajstić information content (AvgIpc) is 2.81. The van der Waals surface area contributed by atoms with Crippen LogP contribution in [0, 0.1) is 0 Å². The van der Waals surface area contributed by atoms with E-state index in [4.69, 9.17) is 5.73 Å². The van der Waals surface area contributed by atoms with Gasteiger partial charge < -0.3 is 5.73 Å². The van der Waals surface area contributed by atoms with Crippen molar-refractivity contribution >= 4 is 21.4 Å². The molecule has 0 amide bonds. The van der Waals surface area contributed by atoms with Crippen molar-refractivity contribution < 1.29 is 0 Å². The maximum atomic E-state index is 12.8. The summed E-state index contributed by atoms with van der Waals surface area (Å²) in [6.07, 6.45) is 1.74. The predicted octanol–water partition coefficient (Wildman–Crippen LogP) is 2.27. The molecule has 102 valence electrons. The molecule has 3 aromatic rings. The molecule has 0 bridgehead atoms. The summed E-state index contributed by atoms with van der Waals surface area (Å²) in [5.74, 6) is 0.525. The third-order valence-corrected chi connectivity index (χ3v) is 3.72. The van der Waals surface area contributed by atoms with Gasteiger partial charge in [0.1, 0.15) is 5.52 Å². The Morgan fingerprint density at radius 1 is 1.25 bits per heavy atom. The van der Waals surface area contributed by atoms with Crippen LogP contribution in [0.2, 0.25) is 0 Å². The molecule has 2 aromatic heterocycles. The average molecular weight is 333 g/mol. The Bertz CT molecular complexity index is 820. The van der Waals surface area contributed by atoms with Crippen LogP contribution in [0.25, 0.3) is 11.2 Å². The molecule has 0 aliphatic rings. The first-order chi connectivity index (χ1) is 9.59. The van der Waals surface area contributed by atoms with E-state index >= 15 is 0 Å². The smallest absolute Gasteiger partial charge is 0.283 e. The SMILES string of the molecule is CC(N)c1nn2ccc(Br)c2c(=O)n1-c1ccccc1. The lowest BCUT2D eigenvalue weighted by Gasteiger charge is -2.15. The normalized spacial score (nSPS) is 12.8. The number of para-hydroxylation sites is 1. The van der Waals surface area contributed by atoms with Crippen molar-refractivity contribution in [2.75, 3.05) is 0 Å². The van der Waals surface area contributed by atoms with E-state index in [1.54, 1.807) is 21.3 Å². The zero-order valence-electron chi connectivity index (χ0n) is 10.8. The van der Waals surface area contributed by atoms with Crippen molar-refractivity contribution in [2.45, 2.75) is 13.0 Å². The van der Waals surface area contributed by atoms with Crippen LogP contribution in [0.4, 0.5) is 0 Å². The summed E-state index contributed by atoms with van der Waals surface area (Å²) >= 11 is 3.38. The van der Waals surface area contributed by atoms with Gasteiger partial charge in [-0.3, -0.25) is 9.36 Å². The Morgan fingerprint density at radius 3 is 2.60 bits per heavy atom. The topological polar surface area (TPSA) is 65.3 Å². The summed E-state index contributed by atoms with van der Waals surface area (Å²) in [6, 6.07) is 10.8. The number of hydrogen-bond donors (Lipinski definition) is 1. The second kappa shape index (κ2) is 4.88. The van der Waals surface area contributed by atoms with E-state index in [1.807, 2.05) is 37.3 Å². The molecule has 5 nitrogen and oxygen atoms in total. The lowest BCUT2D eigenvalue weighted by Crippen LogP contribution is -2.29. The number of aromatic nitrogens is 3. The number of halogens is 1. The Kier molecular flexibility index (Phi) is 3.19. The Hall–Kier alpha value is -1.92. The molecule has 0 radical (unpaired) electrons. The largest absolute Gasteiger partial charge is 0.322 e. The molecular weight excluding hydrogens is 320 g/mol. The van der Waals surface area contributed by atoms with Gasteiger partial charge in [-0.15, -0.1) is 0 Å². The van der Waals surface area contributed by atoms with Crippen molar-refractivity contribution in [3.05, 3.63) is 63.2 Å². The fourth-order valence-electron chi connectivity index (χ4n) is 2.17. The number of rotatable bonds is 2. The van der Waals surface area contributed by atoms with Gasteiger partial charge in [-0.1, -0.05) is 18.2 Å². The molecule has 1 aromatic carbocycles. The quantitative estimate of drug-likeness (QED) is 0.782. The fraction of sp³-hybridized carbons (Fsp3) is 0.143. The minimum absolute atomic E-state index is 0.143. The summed E-state index contributed by atoms with van der Waals surface area (Å²) in [4.78, 5) is 12.8. The van der Waals surface area contributed by atoms with E-state index in [0.717, 1.165) is 10.2 Å². The summed E-state index contributed by atoms with van der Waals surface area (Å²) in [5.41, 5.74) is 7.08. The Labute approximate surface area is 123 Å². The van der Waals surface area contributed by atoms with Gasteiger partial charge in [0.2, 0.25) is 0 Å². The highest BCUT2D eigenvalue weighted by Crippen LogP contribution is 2.18. The van der Waals surface area contributed by atoms with Crippen molar-refractivity contribution in [1.29, 1.82) is 0 Å². The van der Waals surface area contributed by atoms with Gasteiger partial charge in [-0.05, 0) is 41.1 Å². The van der Waals surface area contributed by atoms with E-state index in [2.05, 4.69) is 21.0 Å². The van der Waals surface area contributed by atoms with Crippen LogP contribution in [-0.2, 0) is 0 Å². The van der Waals surface area contributed by atoms with Gasteiger partial charge in [0, 0.05) is 6.20 Å². The Balaban J connectivity index is 2.45.